The molecule has 9 heteroatoms. The van der Waals surface area contributed by atoms with E-state index in [9.17, 15) is 16.8 Å². The first-order valence-corrected chi connectivity index (χ1v) is 9.66. The van der Waals surface area contributed by atoms with Gasteiger partial charge in [-0.05, 0) is 18.6 Å². The van der Waals surface area contributed by atoms with Crippen molar-refractivity contribution in [2.24, 2.45) is 0 Å². The first kappa shape index (κ1) is 16.1. The molecule has 1 heterocycles. The second-order valence-corrected chi connectivity index (χ2v) is 9.05. The summed E-state index contributed by atoms with van der Waals surface area (Å²) >= 11 is 0. The minimum Gasteiger partial charge on any atom is -0.495 e. The van der Waals surface area contributed by atoms with Crippen LogP contribution in [-0.4, -0.2) is 52.8 Å². The maximum absolute atomic E-state index is 12.6. The van der Waals surface area contributed by atoms with Crippen LogP contribution in [0.4, 0.5) is 5.69 Å². The van der Waals surface area contributed by atoms with Crippen molar-refractivity contribution in [3.8, 4) is 5.75 Å². The van der Waals surface area contributed by atoms with Gasteiger partial charge in [0, 0.05) is 19.2 Å². The lowest BCUT2D eigenvalue weighted by Gasteiger charge is -2.20. The Hall–Kier alpha value is -1.32. The van der Waals surface area contributed by atoms with Crippen molar-refractivity contribution >= 4 is 25.5 Å². The van der Waals surface area contributed by atoms with Gasteiger partial charge in [0.2, 0.25) is 10.0 Å². The molecule has 1 saturated heterocycles. The summed E-state index contributed by atoms with van der Waals surface area (Å²) in [5, 5.41) is 0. The van der Waals surface area contributed by atoms with Crippen molar-refractivity contribution in [1.82, 2.24) is 4.31 Å². The number of ether oxygens (including phenoxy) is 1. The summed E-state index contributed by atoms with van der Waals surface area (Å²) in [6, 6.07) is 4.21. The standard InChI is InChI=1S/C12H18N2O5S2/c1-19-12-9-10(3-4-11(12)13)21(17,18)14-5-2-7-20(15,16)8-6-14/h3-4,9H,2,5-8,13H2,1H3. The summed E-state index contributed by atoms with van der Waals surface area (Å²) in [6.45, 7) is 0.158. The monoisotopic (exact) mass is 334 g/mol. The largest absolute Gasteiger partial charge is 0.495 e. The predicted molar refractivity (Wildman–Crippen MR) is 79.4 cm³/mol. The second-order valence-electron chi connectivity index (χ2n) is 4.81. The zero-order chi connectivity index (χ0) is 15.7. The molecule has 0 amide bonds. The summed E-state index contributed by atoms with van der Waals surface area (Å²) in [5.74, 6) is 0.140. The van der Waals surface area contributed by atoms with Crippen LogP contribution in [0.1, 0.15) is 6.42 Å². The minimum absolute atomic E-state index is 0.0179. The molecular weight excluding hydrogens is 316 g/mol. The zero-order valence-corrected chi connectivity index (χ0v) is 13.3. The van der Waals surface area contributed by atoms with Crippen molar-refractivity contribution in [2.75, 3.05) is 37.4 Å². The highest BCUT2D eigenvalue weighted by Crippen LogP contribution is 2.27. The third-order valence-corrected chi connectivity index (χ3v) is 6.97. The smallest absolute Gasteiger partial charge is 0.243 e. The number of benzene rings is 1. The summed E-state index contributed by atoms with van der Waals surface area (Å²) in [5.41, 5.74) is 6.01. The minimum atomic E-state index is -3.75. The van der Waals surface area contributed by atoms with E-state index in [-0.39, 0.29) is 35.2 Å². The van der Waals surface area contributed by atoms with Crippen molar-refractivity contribution in [2.45, 2.75) is 11.3 Å². The van der Waals surface area contributed by atoms with E-state index in [2.05, 4.69) is 0 Å². The molecule has 0 spiro atoms. The quantitative estimate of drug-likeness (QED) is 0.785. The molecule has 1 fully saturated rings. The molecule has 7 nitrogen and oxygen atoms in total. The molecule has 1 aliphatic rings. The summed E-state index contributed by atoms with van der Waals surface area (Å²) < 4.78 is 54.5. The van der Waals surface area contributed by atoms with Crippen LogP contribution in [0.3, 0.4) is 0 Å². The van der Waals surface area contributed by atoms with Gasteiger partial charge in [-0.25, -0.2) is 16.8 Å². The molecule has 0 saturated carbocycles. The lowest BCUT2D eigenvalue weighted by atomic mass is 10.3. The number of nitrogens with two attached hydrogens (primary N) is 1. The van der Waals surface area contributed by atoms with Crippen LogP contribution in [0.5, 0.6) is 5.75 Å². The molecule has 1 aromatic carbocycles. The third-order valence-electron chi connectivity index (χ3n) is 3.36. The van der Waals surface area contributed by atoms with Crippen molar-refractivity contribution in [3.05, 3.63) is 18.2 Å². The maximum atomic E-state index is 12.6. The van der Waals surface area contributed by atoms with Gasteiger partial charge in [0.15, 0.2) is 9.84 Å². The van der Waals surface area contributed by atoms with Crippen LogP contribution in [0, 0.1) is 0 Å². The van der Waals surface area contributed by atoms with E-state index in [1.807, 2.05) is 0 Å². The third kappa shape index (κ3) is 3.47. The Bertz CT molecular complexity index is 728. The fourth-order valence-electron chi connectivity index (χ4n) is 2.16. The molecule has 2 rings (SSSR count). The molecule has 0 aromatic heterocycles. The Kier molecular flexibility index (Phi) is 4.45. The number of nitrogen functional groups attached to an aromatic ring is 1. The Balaban J connectivity index is 2.33. The van der Waals surface area contributed by atoms with E-state index >= 15 is 0 Å². The van der Waals surface area contributed by atoms with Gasteiger partial charge in [0.05, 0.1) is 29.2 Å². The Morgan fingerprint density at radius 2 is 1.95 bits per heavy atom. The average Bonchev–Trinajstić information content (AvgIpc) is 2.60. The van der Waals surface area contributed by atoms with Crippen LogP contribution < -0.4 is 10.5 Å². The van der Waals surface area contributed by atoms with Gasteiger partial charge in [0.1, 0.15) is 5.75 Å². The Labute approximate surface area is 124 Å². The highest BCUT2D eigenvalue weighted by molar-refractivity contribution is 7.91. The van der Waals surface area contributed by atoms with Gasteiger partial charge in [0.25, 0.3) is 0 Å². The Morgan fingerprint density at radius 1 is 1.24 bits per heavy atom. The number of nitrogens with zero attached hydrogens (tertiary/aromatic N) is 1. The van der Waals surface area contributed by atoms with E-state index in [0.717, 1.165) is 0 Å². The Morgan fingerprint density at radius 3 is 2.62 bits per heavy atom. The van der Waals surface area contributed by atoms with Crippen LogP contribution in [-0.2, 0) is 19.9 Å². The first-order chi connectivity index (χ1) is 9.76. The summed E-state index contributed by atoms with van der Waals surface area (Å²) in [7, 11) is -5.51. The fraction of sp³-hybridized carbons (Fsp3) is 0.500. The van der Waals surface area contributed by atoms with Crippen LogP contribution in [0.25, 0.3) is 0 Å². The molecule has 2 N–H and O–H groups in total. The van der Waals surface area contributed by atoms with E-state index in [4.69, 9.17) is 10.5 Å². The van der Waals surface area contributed by atoms with Gasteiger partial charge in [-0.1, -0.05) is 0 Å². The molecular formula is C12H18N2O5S2. The highest BCUT2D eigenvalue weighted by Gasteiger charge is 2.29. The number of hydrogen-bond donors (Lipinski definition) is 1. The van der Waals surface area contributed by atoms with Gasteiger partial charge in [-0.2, -0.15) is 4.31 Å². The lowest BCUT2D eigenvalue weighted by molar-refractivity contribution is 0.413. The maximum Gasteiger partial charge on any atom is 0.243 e. The molecule has 118 valence electrons. The topological polar surface area (TPSA) is 107 Å². The number of hydrogen-bond acceptors (Lipinski definition) is 6. The van der Waals surface area contributed by atoms with E-state index in [1.165, 1.54) is 29.6 Å². The van der Waals surface area contributed by atoms with Crippen molar-refractivity contribution in [1.29, 1.82) is 0 Å². The fourth-order valence-corrected chi connectivity index (χ4v) is 5.04. The molecule has 0 unspecified atom stereocenters. The van der Waals surface area contributed by atoms with Gasteiger partial charge in [-0.15, -0.1) is 0 Å². The second kappa shape index (κ2) is 5.82. The molecule has 21 heavy (non-hydrogen) atoms. The number of anilines is 1. The molecule has 1 aliphatic heterocycles. The normalized spacial score (nSPS) is 19.9. The van der Waals surface area contributed by atoms with Gasteiger partial charge < -0.3 is 10.5 Å². The van der Waals surface area contributed by atoms with Crippen molar-refractivity contribution < 1.29 is 21.6 Å². The number of sulfone groups is 1. The van der Waals surface area contributed by atoms with Crippen LogP contribution in [0.2, 0.25) is 0 Å². The van der Waals surface area contributed by atoms with E-state index in [0.29, 0.717) is 12.1 Å². The predicted octanol–water partition coefficient (Wildman–Crippen LogP) is 0.0866. The highest BCUT2D eigenvalue weighted by atomic mass is 32.2. The van der Waals surface area contributed by atoms with Crippen molar-refractivity contribution in [3.63, 3.8) is 0 Å². The summed E-state index contributed by atoms with van der Waals surface area (Å²) in [4.78, 5) is 0.0489. The number of rotatable bonds is 3. The van der Waals surface area contributed by atoms with Gasteiger partial charge in [-0.3, -0.25) is 0 Å². The molecule has 0 bridgehead atoms. The van der Waals surface area contributed by atoms with Gasteiger partial charge >= 0.3 is 0 Å². The number of sulfonamides is 1. The zero-order valence-electron chi connectivity index (χ0n) is 11.6. The first-order valence-electron chi connectivity index (χ1n) is 6.40. The van der Waals surface area contributed by atoms with Crippen LogP contribution >= 0.6 is 0 Å². The average molecular weight is 334 g/mol. The van der Waals surface area contributed by atoms with E-state index in [1.54, 1.807) is 0 Å². The SMILES string of the molecule is COc1cc(S(=O)(=O)N2CCCS(=O)(=O)CC2)ccc1N. The van der Waals surface area contributed by atoms with Crippen LogP contribution in [0.15, 0.2) is 23.1 Å². The number of methoxy groups -OCH3 is 1. The lowest BCUT2D eigenvalue weighted by Crippen LogP contribution is -2.33. The van der Waals surface area contributed by atoms with E-state index < -0.39 is 19.9 Å². The summed E-state index contributed by atoms with van der Waals surface area (Å²) in [6.07, 6.45) is 0.299. The molecule has 0 radical (unpaired) electrons. The molecule has 1 aromatic rings. The molecule has 0 aliphatic carbocycles. The molecule has 0 atom stereocenters.